The van der Waals surface area contributed by atoms with Gasteiger partial charge in [-0.3, -0.25) is 0 Å². The molecule has 19 heavy (non-hydrogen) atoms. The molecule has 0 unspecified atom stereocenters. The van der Waals surface area contributed by atoms with Crippen LogP contribution in [0.5, 0.6) is 0 Å². The average molecular weight is 263 g/mol. The summed E-state index contributed by atoms with van der Waals surface area (Å²) in [6, 6.07) is 3.71. The Morgan fingerprint density at radius 2 is 2.26 bits per heavy atom. The molecule has 0 saturated carbocycles. The molecule has 1 aliphatic heterocycles. The Morgan fingerprint density at radius 1 is 1.53 bits per heavy atom. The van der Waals surface area contributed by atoms with Crippen molar-refractivity contribution in [2.45, 2.75) is 12.8 Å². The molecule has 2 rings (SSSR count). The van der Waals surface area contributed by atoms with E-state index in [1.165, 1.54) is 20.0 Å². The van der Waals surface area contributed by atoms with Crippen LogP contribution in [0.15, 0.2) is 18.3 Å². The number of rotatable bonds is 4. The third kappa shape index (κ3) is 3.67. The lowest BCUT2D eigenvalue weighted by Gasteiger charge is -2.28. The predicted octanol–water partition coefficient (Wildman–Crippen LogP) is 1.30. The van der Waals surface area contributed by atoms with Gasteiger partial charge in [0.05, 0.1) is 7.11 Å². The van der Waals surface area contributed by atoms with Crippen molar-refractivity contribution in [1.82, 2.24) is 10.3 Å². The van der Waals surface area contributed by atoms with E-state index in [1.807, 2.05) is 6.07 Å². The summed E-state index contributed by atoms with van der Waals surface area (Å²) in [5, 5.41) is 3.37. The number of pyridine rings is 1. The maximum absolute atomic E-state index is 11.5. The maximum atomic E-state index is 11.5. The first kappa shape index (κ1) is 13.8. The van der Waals surface area contributed by atoms with Crippen LogP contribution in [0.2, 0.25) is 0 Å². The normalized spacial score (nSPS) is 16.1. The molecule has 104 valence electrons. The van der Waals surface area contributed by atoms with E-state index in [1.54, 1.807) is 12.3 Å². The molecular formula is C14H21N3O2. The highest BCUT2D eigenvalue weighted by atomic mass is 16.5. The van der Waals surface area contributed by atoms with Gasteiger partial charge in [0, 0.05) is 25.5 Å². The van der Waals surface area contributed by atoms with Crippen LogP contribution in [0.3, 0.4) is 0 Å². The minimum Gasteiger partial charge on any atom is -0.464 e. The molecule has 1 aromatic heterocycles. The zero-order valence-corrected chi connectivity index (χ0v) is 11.6. The molecule has 1 N–H and O–H groups in total. The topological polar surface area (TPSA) is 54.5 Å². The SMILES string of the molecule is COC(=O)c1cc(N(C)CC2CCNCC2)ccn1. The van der Waals surface area contributed by atoms with Crippen molar-refractivity contribution in [3.63, 3.8) is 0 Å². The largest absolute Gasteiger partial charge is 0.464 e. The van der Waals surface area contributed by atoms with Gasteiger partial charge in [-0.15, -0.1) is 0 Å². The number of nitrogens with zero attached hydrogens (tertiary/aromatic N) is 2. The fourth-order valence-electron chi connectivity index (χ4n) is 2.43. The smallest absolute Gasteiger partial charge is 0.356 e. The predicted molar refractivity (Wildman–Crippen MR) is 74.4 cm³/mol. The summed E-state index contributed by atoms with van der Waals surface area (Å²) in [6.45, 7) is 3.21. The van der Waals surface area contributed by atoms with E-state index in [2.05, 4.69) is 22.2 Å². The second-order valence-corrected chi connectivity index (χ2v) is 4.96. The van der Waals surface area contributed by atoms with Gasteiger partial charge in [-0.1, -0.05) is 0 Å². The summed E-state index contributed by atoms with van der Waals surface area (Å²) in [5.41, 5.74) is 1.37. The number of hydrogen-bond donors (Lipinski definition) is 1. The Labute approximate surface area is 114 Å². The second kappa shape index (κ2) is 6.52. The fraction of sp³-hybridized carbons (Fsp3) is 0.571. The van der Waals surface area contributed by atoms with Gasteiger partial charge in [0.2, 0.25) is 0 Å². The number of carbonyl (C=O) groups is 1. The van der Waals surface area contributed by atoms with Crippen LogP contribution >= 0.6 is 0 Å². The zero-order chi connectivity index (χ0) is 13.7. The van der Waals surface area contributed by atoms with E-state index >= 15 is 0 Å². The van der Waals surface area contributed by atoms with Crippen LogP contribution in [0.25, 0.3) is 0 Å². The van der Waals surface area contributed by atoms with Crippen molar-refractivity contribution in [3.05, 3.63) is 24.0 Å². The van der Waals surface area contributed by atoms with Crippen molar-refractivity contribution < 1.29 is 9.53 Å². The first-order chi connectivity index (χ1) is 9.20. The third-order valence-electron chi connectivity index (χ3n) is 3.57. The van der Waals surface area contributed by atoms with Crippen molar-refractivity contribution >= 4 is 11.7 Å². The standard InChI is InChI=1S/C14H21N3O2/c1-17(10-11-3-6-15-7-4-11)12-5-8-16-13(9-12)14(18)19-2/h5,8-9,11,15H,3-4,6-7,10H2,1-2H3. The molecule has 0 aromatic carbocycles. The second-order valence-electron chi connectivity index (χ2n) is 4.96. The Balaban J connectivity index is 2.01. The van der Waals surface area contributed by atoms with E-state index < -0.39 is 5.97 Å². The van der Waals surface area contributed by atoms with Gasteiger partial charge in [0.15, 0.2) is 0 Å². The minimum atomic E-state index is -0.392. The average Bonchev–Trinajstić information content (AvgIpc) is 2.47. The van der Waals surface area contributed by atoms with Crippen LogP contribution in [0.1, 0.15) is 23.3 Å². The minimum absolute atomic E-state index is 0.358. The Kier molecular flexibility index (Phi) is 4.74. The highest BCUT2D eigenvalue weighted by molar-refractivity contribution is 5.88. The van der Waals surface area contributed by atoms with Crippen LogP contribution in [-0.2, 0) is 4.74 Å². The number of hydrogen-bond acceptors (Lipinski definition) is 5. The van der Waals surface area contributed by atoms with E-state index in [9.17, 15) is 4.79 Å². The Morgan fingerprint density at radius 3 is 2.95 bits per heavy atom. The van der Waals surface area contributed by atoms with Gasteiger partial charge >= 0.3 is 5.97 Å². The molecule has 0 aliphatic carbocycles. The summed E-state index contributed by atoms with van der Waals surface area (Å²) in [4.78, 5) is 17.7. The number of aromatic nitrogens is 1. The van der Waals surface area contributed by atoms with Gasteiger partial charge in [0.25, 0.3) is 0 Å². The molecule has 0 spiro atoms. The highest BCUT2D eigenvalue weighted by Gasteiger charge is 2.16. The van der Waals surface area contributed by atoms with Gasteiger partial charge in [-0.25, -0.2) is 9.78 Å². The molecule has 0 radical (unpaired) electrons. The van der Waals surface area contributed by atoms with Crippen LogP contribution < -0.4 is 10.2 Å². The number of carbonyl (C=O) groups excluding carboxylic acids is 1. The van der Waals surface area contributed by atoms with Crippen molar-refractivity contribution in [2.24, 2.45) is 5.92 Å². The van der Waals surface area contributed by atoms with Gasteiger partial charge < -0.3 is 15.0 Å². The summed E-state index contributed by atoms with van der Waals surface area (Å²) in [7, 11) is 3.42. The van der Waals surface area contributed by atoms with Gasteiger partial charge in [0.1, 0.15) is 5.69 Å². The lowest BCUT2D eigenvalue weighted by molar-refractivity contribution is 0.0594. The van der Waals surface area contributed by atoms with Gasteiger partial charge in [-0.2, -0.15) is 0 Å². The van der Waals surface area contributed by atoms with Crippen LogP contribution in [0.4, 0.5) is 5.69 Å². The van der Waals surface area contributed by atoms with E-state index in [-0.39, 0.29) is 0 Å². The molecule has 5 nitrogen and oxygen atoms in total. The lowest BCUT2D eigenvalue weighted by atomic mass is 9.97. The molecule has 1 fully saturated rings. The molecule has 0 amide bonds. The number of anilines is 1. The van der Waals surface area contributed by atoms with Crippen molar-refractivity contribution in [3.8, 4) is 0 Å². The summed E-state index contributed by atoms with van der Waals surface area (Å²) in [6.07, 6.45) is 4.07. The zero-order valence-electron chi connectivity index (χ0n) is 11.6. The summed E-state index contributed by atoms with van der Waals surface area (Å²) < 4.78 is 4.69. The molecule has 1 aliphatic rings. The first-order valence-electron chi connectivity index (χ1n) is 6.67. The number of esters is 1. The number of ether oxygens (including phenoxy) is 1. The Bertz CT molecular complexity index is 430. The monoisotopic (exact) mass is 263 g/mol. The van der Waals surface area contributed by atoms with Crippen LogP contribution in [-0.4, -0.2) is 44.7 Å². The number of piperidine rings is 1. The molecule has 1 aromatic rings. The molecular weight excluding hydrogens is 242 g/mol. The third-order valence-corrected chi connectivity index (χ3v) is 3.57. The molecule has 5 heteroatoms. The lowest BCUT2D eigenvalue weighted by Crippen LogP contribution is -2.34. The molecule has 2 heterocycles. The maximum Gasteiger partial charge on any atom is 0.356 e. The summed E-state index contributed by atoms with van der Waals surface area (Å²) >= 11 is 0. The highest BCUT2D eigenvalue weighted by Crippen LogP contribution is 2.19. The van der Waals surface area contributed by atoms with Crippen LogP contribution in [0, 0.1) is 5.92 Å². The fourth-order valence-corrected chi connectivity index (χ4v) is 2.43. The van der Waals surface area contributed by atoms with Crippen molar-refractivity contribution in [2.75, 3.05) is 38.7 Å². The first-order valence-corrected chi connectivity index (χ1v) is 6.67. The molecule has 0 atom stereocenters. The summed E-state index contributed by atoms with van der Waals surface area (Å²) in [5.74, 6) is 0.318. The van der Waals surface area contributed by atoms with Gasteiger partial charge in [-0.05, 0) is 44.0 Å². The van der Waals surface area contributed by atoms with E-state index in [4.69, 9.17) is 4.74 Å². The van der Waals surface area contributed by atoms with Crippen molar-refractivity contribution in [1.29, 1.82) is 0 Å². The van der Waals surface area contributed by atoms with E-state index in [0.29, 0.717) is 11.6 Å². The number of nitrogens with one attached hydrogen (secondary N) is 1. The number of methoxy groups -OCH3 is 1. The quantitative estimate of drug-likeness (QED) is 0.830. The molecule has 0 bridgehead atoms. The Hall–Kier alpha value is -1.62. The molecule has 1 saturated heterocycles. The van der Waals surface area contributed by atoms with E-state index in [0.717, 1.165) is 25.3 Å².